The van der Waals surface area contributed by atoms with Crippen molar-refractivity contribution in [3.63, 3.8) is 0 Å². The maximum atomic E-state index is 13.2. The van der Waals surface area contributed by atoms with Crippen molar-refractivity contribution >= 4 is 61.7 Å². The van der Waals surface area contributed by atoms with Crippen LogP contribution in [0.15, 0.2) is 63.2 Å². The highest BCUT2D eigenvalue weighted by Crippen LogP contribution is 2.36. The molecule has 1 unspecified atom stereocenters. The summed E-state index contributed by atoms with van der Waals surface area (Å²) in [6.45, 7) is 0. The van der Waals surface area contributed by atoms with Crippen LogP contribution in [0.1, 0.15) is 23.6 Å². The normalized spacial score (nSPS) is 14.7. The Morgan fingerprint density at radius 2 is 2.03 bits per heavy atom. The zero-order valence-corrected chi connectivity index (χ0v) is 19.9. The number of rotatable bonds is 4. The number of pyridine rings is 1. The molecule has 0 radical (unpaired) electrons. The van der Waals surface area contributed by atoms with Gasteiger partial charge in [-0.2, -0.15) is 0 Å². The van der Waals surface area contributed by atoms with Crippen LogP contribution in [-0.2, 0) is 6.42 Å². The average Bonchev–Trinajstić information content (AvgIpc) is 3.19. The molecule has 5 rings (SSSR count). The van der Waals surface area contributed by atoms with Crippen LogP contribution in [0.25, 0.3) is 27.0 Å². The molecular weight excluding hydrogens is 529 g/mol. The van der Waals surface area contributed by atoms with Crippen LogP contribution in [0.4, 0.5) is 11.6 Å². The Morgan fingerprint density at radius 1 is 1.24 bits per heavy atom. The molecule has 2 heterocycles. The van der Waals surface area contributed by atoms with Gasteiger partial charge in [-0.15, -0.1) is 0 Å². The molecule has 0 spiro atoms. The van der Waals surface area contributed by atoms with Gasteiger partial charge in [-0.1, -0.05) is 40.4 Å². The lowest BCUT2D eigenvalue weighted by Crippen LogP contribution is -2.19. The third kappa shape index (κ3) is 3.94. The molecule has 8 nitrogen and oxygen atoms in total. The first kappa shape index (κ1) is 21.7. The quantitative estimate of drug-likeness (QED) is 0.172. The molecule has 4 aromatic rings. The highest BCUT2D eigenvalue weighted by atomic mass is 79.9. The summed E-state index contributed by atoms with van der Waals surface area (Å²) in [6.07, 6.45) is 4.73. The molecular formula is C22H14BrCl2N7O. The van der Waals surface area contributed by atoms with Crippen LogP contribution in [0, 0.1) is 0 Å². The zero-order valence-electron chi connectivity index (χ0n) is 16.8. The van der Waals surface area contributed by atoms with E-state index in [1.54, 1.807) is 24.4 Å². The third-order valence-corrected chi connectivity index (χ3v) is 6.71. The monoisotopic (exact) mass is 541 g/mol. The lowest BCUT2D eigenvalue weighted by atomic mass is 10.1. The molecule has 164 valence electrons. The summed E-state index contributed by atoms with van der Waals surface area (Å²) in [5, 5.41) is 8.06. The van der Waals surface area contributed by atoms with Gasteiger partial charge in [0.05, 0.1) is 37.2 Å². The zero-order chi connectivity index (χ0) is 23.1. The van der Waals surface area contributed by atoms with Crippen LogP contribution >= 0.6 is 39.1 Å². The topological polar surface area (TPSA) is 109 Å². The van der Waals surface area contributed by atoms with Crippen molar-refractivity contribution in [2.45, 2.75) is 18.9 Å². The summed E-state index contributed by atoms with van der Waals surface area (Å²) in [7, 11) is 0. The molecule has 0 saturated heterocycles. The number of anilines is 2. The van der Waals surface area contributed by atoms with Crippen molar-refractivity contribution in [3.05, 3.63) is 95.2 Å². The van der Waals surface area contributed by atoms with Gasteiger partial charge in [0.1, 0.15) is 0 Å². The van der Waals surface area contributed by atoms with Crippen LogP contribution < -0.4 is 10.9 Å². The second-order valence-corrected chi connectivity index (χ2v) is 9.15. The van der Waals surface area contributed by atoms with Crippen molar-refractivity contribution in [1.29, 1.82) is 0 Å². The van der Waals surface area contributed by atoms with Crippen molar-refractivity contribution in [2.75, 3.05) is 5.32 Å². The van der Waals surface area contributed by atoms with E-state index >= 15 is 0 Å². The minimum Gasteiger partial charge on any atom is -0.324 e. The summed E-state index contributed by atoms with van der Waals surface area (Å²) in [5.74, 6) is 0.328. The first-order valence-corrected chi connectivity index (χ1v) is 11.5. The Morgan fingerprint density at radius 3 is 2.79 bits per heavy atom. The molecule has 11 heteroatoms. The van der Waals surface area contributed by atoms with Gasteiger partial charge in [-0.3, -0.25) is 9.36 Å². The number of azide groups is 1. The summed E-state index contributed by atoms with van der Waals surface area (Å²) in [4.78, 5) is 25.0. The first-order valence-electron chi connectivity index (χ1n) is 9.92. The number of hydrogen-bond donors (Lipinski definition) is 1. The molecule has 0 amide bonds. The van der Waals surface area contributed by atoms with Gasteiger partial charge in [0, 0.05) is 23.0 Å². The van der Waals surface area contributed by atoms with E-state index in [1.807, 2.05) is 18.2 Å². The second-order valence-electron chi connectivity index (χ2n) is 7.48. The van der Waals surface area contributed by atoms with E-state index in [2.05, 4.69) is 41.2 Å². The largest absolute Gasteiger partial charge is 0.324 e. The maximum absolute atomic E-state index is 13.2. The highest BCUT2D eigenvalue weighted by Gasteiger charge is 2.22. The molecule has 0 fully saturated rings. The number of fused-ring (bicyclic) bond motifs is 2. The average molecular weight is 543 g/mol. The number of hydrogen-bond acceptors (Lipinski definition) is 5. The summed E-state index contributed by atoms with van der Waals surface area (Å²) in [5.41, 5.74) is 12.2. The first-order chi connectivity index (χ1) is 16.0. The molecule has 2 aromatic heterocycles. The molecule has 0 bridgehead atoms. The highest BCUT2D eigenvalue weighted by molar-refractivity contribution is 9.10. The Hall–Kier alpha value is -3.10. The standard InChI is InChI=1S/C22H14BrCl2N7O/c23-15-10-32(20-16(24)2-1-3-17(20)25)21(33)14-9-27-22(29-19(14)15)28-12-6-4-11-5-7-18(30-31-26)13(11)8-12/h1-4,6,8-10,18H,5,7H2,(H,27,28,29). The summed E-state index contributed by atoms with van der Waals surface area (Å²) < 4.78 is 1.96. The fourth-order valence-corrected chi connectivity index (χ4v) is 5.08. The minimum absolute atomic E-state index is 0.173. The molecule has 0 saturated carbocycles. The van der Waals surface area contributed by atoms with Crippen LogP contribution in [0.3, 0.4) is 0 Å². The number of benzene rings is 2. The molecule has 1 aliphatic rings. The summed E-state index contributed by atoms with van der Waals surface area (Å²) in [6, 6.07) is 10.8. The van der Waals surface area contributed by atoms with E-state index in [9.17, 15) is 4.79 Å². The van der Waals surface area contributed by atoms with Gasteiger partial charge in [-0.05, 0) is 69.7 Å². The lowest BCUT2D eigenvalue weighted by Gasteiger charge is -2.13. The predicted molar refractivity (Wildman–Crippen MR) is 133 cm³/mol. The smallest absolute Gasteiger partial charge is 0.266 e. The number of nitrogens with zero attached hydrogens (tertiary/aromatic N) is 6. The predicted octanol–water partition coefficient (Wildman–Crippen LogP) is 6.89. The van der Waals surface area contributed by atoms with E-state index in [0.717, 1.165) is 24.1 Å². The van der Waals surface area contributed by atoms with Gasteiger partial charge in [0.15, 0.2) is 0 Å². The number of halogens is 3. The Bertz CT molecular complexity index is 1510. The van der Waals surface area contributed by atoms with Crippen molar-refractivity contribution < 1.29 is 0 Å². The second kappa shape index (κ2) is 8.68. The van der Waals surface area contributed by atoms with Gasteiger partial charge < -0.3 is 5.32 Å². The van der Waals surface area contributed by atoms with Gasteiger partial charge >= 0.3 is 0 Å². The Kier molecular flexibility index (Phi) is 5.72. The van der Waals surface area contributed by atoms with E-state index in [-0.39, 0.29) is 11.6 Å². The molecule has 1 atom stereocenters. The fourth-order valence-electron chi connectivity index (χ4n) is 4.00. The van der Waals surface area contributed by atoms with Crippen molar-refractivity contribution in [3.8, 4) is 5.69 Å². The van der Waals surface area contributed by atoms with Crippen LogP contribution in [0.2, 0.25) is 10.0 Å². The molecule has 1 aliphatic carbocycles. The third-order valence-electron chi connectivity index (χ3n) is 5.52. The molecule has 1 N–H and O–H groups in total. The fraction of sp³-hybridized carbons (Fsp3) is 0.136. The lowest BCUT2D eigenvalue weighted by molar-refractivity contribution is 0.707. The molecule has 0 aliphatic heterocycles. The van der Waals surface area contributed by atoms with Gasteiger partial charge in [-0.25, -0.2) is 9.97 Å². The van der Waals surface area contributed by atoms with E-state index in [0.29, 0.717) is 37.1 Å². The molecule has 33 heavy (non-hydrogen) atoms. The number of aryl methyl sites for hydroxylation is 1. The van der Waals surface area contributed by atoms with Crippen molar-refractivity contribution in [2.24, 2.45) is 5.11 Å². The van der Waals surface area contributed by atoms with Crippen molar-refractivity contribution in [1.82, 2.24) is 14.5 Å². The maximum Gasteiger partial charge on any atom is 0.266 e. The number of para-hydroxylation sites is 1. The van der Waals surface area contributed by atoms with Crippen LogP contribution in [-0.4, -0.2) is 14.5 Å². The SMILES string of the molecule is [N-]=[N+]=NC1CCc2ccc(Nc3ncc4c(=O)n(-c5c(Cl)cccc5Cl)cc(Br)c4n3)cc21. The van der Waals surface area contributed by atoms with Gasteiger partial charge in [0.2, 0.25) is 5.95 Å². The number of nitrogens with one attached hydrogen (secondary N) is 1. The van der Waals surface area contributed by atoms with E-state index < -0.39 is 0 Å². The minimum atomic E-state index is -0.343. The van der Waals surface area contributed by atoms with Gasteiger partial charge in [0.25, 0.3) is 5.56 Å². The Labute approximate surface area is 206 Å². The van der Waals surface area contributed by atoms with Crippen LogP contribution in [0.5, 0.6) is 0 Å². The van der Waals surface area contributed by atoms with E-state index in [1.165, 1.54) is 16.3 Å². The Balaban J connectivity index is 1.54. The summed E-state index contributed by atoms with van der Waals surface area (Å²) >= 11 is 16.1. The number of aromatic nitrogens is 3. The molecule has 2 aromatic carbocycles. The van der Waals surface area contributed by atoms with E-state index in [4.69, 9.17) is 28.7 Å².